The lowest BCUT2D eigenvalue weighted by molar-refractivity contribution is -0.144. The van der Waals surface area contributed by atoms with Gasteiger partial charge in [-0.05, 0) is 55.4 Å². The van der Waals surface area contributed by atoms with Crippen LogP contribution in [0.5, 0.6) is 0 Å². The Morgan fingerprint density at radius 3 is 2.53 bits per heavy atom. The molecule has 0 unspecified atom stereocenters. The number of imide groups is 2. The van der Waals surface area contributed by atoms with Crippen LogP contribution >= 0.6 is 0 Å². The number of amides is 5. The van der Waals surface area contributed by atoms with Gasteiger partial charge in [-0.1, -0.05) is 54.1 Å². The summed E-state index contributed by atoms with van der Waals surface area (Å²) in [4.78, 5) is 51.7. The molecule has 7 nitrogen and oxygen atoms in total. The molecule has 32 heavy (non-hydrogen) atoms. The van der Waals surface area contributed by atoms with E-state index in [9.17, 15) is 19.2 Å². The molecule has 1 atom stereocenters. The number of hydrogen-bond acceptors (Lipinski definition) is 4. The molecule has 0 spiro atoms. The average Bonchev–Trinajstić information content (AvgIpc) is 3.00. The summed E-state index contributed by atoms with van der Waals surface area (Å²) in [7, 11) is 0. The van der Waals surface area contributed by atoms with Crippen LogP contribution in [0.1, 0.15) is 50.6 Å². The van der Waals surface area contributed by atoms with E-state index in [0.717, 1.165) is 51.8 Å². The first-order valence-electron chi connectivity index (χ1n) is 11.1. The van der Waals surface area contributed by atoms with Gasteiger partial charge in [0, 0.05) is 6.54 Å². The summed E-state index contributed by atoms with van der Waals surface area (Å²) in [6, 6.07) is 12.7. The molecule has 4 rings (SSSR count). The molecular formula is C25H27N3O4. The number of benzene rings is 2. The van der Waals surface area contributed by atoms with E-state index in [2.05, 4.69) is 11.4 Å². The second-order valence-corrected chi connectivity index (χ2v) is 8.35. The number of allylic oxidation sites excluding steroid dienone is 1. The molecule has 0 aromatic heterocycles. The van der Waals surface area contributed by atoms with Crippen molar-refractivity contribution in [2.24, 2.45) is 0 Å². The van der Waals surface area contributed by atoms with Crippen LogP contribution in [0.3, 0.4) is 0 Å². The summed E-state index contributed by atoms with van der Waals surface area (Å²) >= 11 is 0. The van der Waals surface area contributed by atoms with Crippen molar-refractivity contribution in [3.8, 4) is 0 Å². The number of fused-ring (bicyclic) bond motifs is 1. The van der Waals surface area contributed by atoms with Crippen molar-refractivity contribution in [3.05, 3.63) is 59.7 Å². The smallest absolute Gasteiger partial charge is 0.334 e. The highest BCUT2D eigenvalue weighted by molar-refractivity contribution is 6.45. The van der Waals surface area contributed by atoms with Gasteiger partial charge in [0.05, 0.1) is 6.04 Å². The Labute approximate surface area is 187 Å². The lowest BCUT2D eigenvalue weighted by Crippen LogP contribution is -2.42. The van der Waals surface area contributed by atoms with Crippen LogP contribution in [0.15, 0.2) is 54.1 Å². The summed E-state index contributed by atoms with van der Waals surface area (Å²) in [6.45, 7) is 1.54. The maximum Gasteiger partial charge on any atom is 0.334 e. The number of urea groups is 1. The van der Waals surface area contributed by atoms with Gasteiger partial charge in [0.15, 0.2) is 0 Å². The average molecular weight is 434 g/mol. The summed E-state index contributed by atoms with van der Waals surface area (Å²) < 4.78 is 0. The maximum atomic E-state index is 12.7. The van der Waals surface area contributed by atoms with E-state index in [4.69, 9.17) is 0 Å². The van der Waals surface area contributed by atoms with Crippen LogP contribution in [0.4, 0.5) is 4.79 Å². The molecule has 7 heteroatoms. The van der Waals surface area contributed by atoms with Gasteiger partial charge in [-0.2, -0.15) is 0 Å². The van der Waals surface area contributed by atoms with E-state index in [-0.39, 0.29) is 12.6 Å². The van der Waals surface area contributed by atoms with E-state index in [1.165, 1.54) is 5.57 Å². The molecule has 2 aromatic carbocycles. The Morgan fingerprint density at radius 1 is 1.00 bits per heavy atom. The van der Waals surface area contributed by atoms with Crippen molar-refractivity contribution in [1.82, 2.24) is 15.1 Å². The molecular weight excluding hydrogens is 406 g/mol. The minimum Gasteiger partial charge on any atom is -0.348 e. The predicted molar refractivity (Wildman–Crippen MR) is 120 cm³/mol. The van der Waals surface area contributed by atoms with Gasteiger partial charge >= 0.3 is 17.8 Å². The van der Waals surface area contributed by atoms with Gasteiger partial charge < -0.3 is 5.32 Å². The van der Waals surface area contributed by atoms with Gasteiger partial charge in [0.25, 0.3) is 0 Å². The Morgan fingerprint density at radius 2 is 1.75 bits per heavy atom. The standard InChI is InChI=1S/C25H27N3O4/c1-17(20-13-7-11-19-10-5-6-12-21(19)20)26-22(29)16-28-24(31)23(30)27(25(28)32)15-14-18-8-3-2-4-9-18/h5-8,10-13,17H,2-4,9,14-16H2,1H3,(H,26,29)/t17-/m0/s1. The molecule has 0 bridgehead atoms. The van der Waals surface area contributed by atoms with Crippen LogP contribution < -0.4 is 5.32 Å². The Hall–Kier alpha value is -3.48. The van der Waals surface area contributed by atoms with Crippen LogP contribution in [0.2, 0.25) is 0 Å². The molecule has 2 aliphatic rings. The first-order valence-corrected chi connectivity index (χ1v) is 11.1. The van der Waals surface area contributed by atoms with E-state index in [1.54, 1.807) is 0 Å². The van der Waals surface area contributed by atoms with Crippen molar-refractivity contribution in [2.75, 3.05) is 13.1 Å². The number of rotatable bonds is 7. The molecule has 1 saturated heterocycles. The Balaban J connectivity index is 1.39. The Bertz CT molecular complexity index is 1100. The molecule has 1 aliphatic carbocycles. The second kappa shape index (κ2) is 9.34. The van der Waals surface area contributed by atoms with Gasteiger partial charge in [-0.25, -0.2) is 9.69 Å². The van der Waals surface area contributed by atoms with Crippen LogP contribution in [-0.2, 0) is 14.4 Å². The maximum absolute atomic E-state index is 12.7. The highest BCUT2D eigenvalue weighted by atomic mass is 16.2. The molecule has 0 saturated carbocycles. The van der Waals surface area contributed by atoms with E-state index < -0.39 is 30.3 Å². The van der Waals surface area contributed by atoms with Crippen molar-refractivity contribution in [1.29, 1.82) is 0 Å². The third-order valence-corrected chi connectivity index (χ3v) is 6.15. The third kappa shape index (κ3) is 4.42. The molecule has 166 valence electrons. The lowest BCUT2D eigenvalue weighted by atomic mass is 9.97. The first-order chi connectivity index (χ1) is 15.5. The van der Waals surface area contributed by atoms with Gasteiger partial charge in [0.1, 0.15) is 6.54 Å². The molecule has 1 fully saturated rings. The SMILES string of the molecule is C[C@H](NC(=O)CN1C(=O)C(=O)N(CCC2=CCCCC2)C1=O)c1cccc2ccccc12. The molecule has 1 aliphatic heterocycles. The number of nitrogens with zero attached hydrogens (tertiary/aromatic N) is 2. The van der Waals surface area contributed by atoms with Crippen LogP contribution in [0, 0.1) is 0 Å². The zero-order valence-corrected chi connectivity index (χ0v) is 18.2. The largest absolute Gasteiger partial charge is 0.348 e. The zero-order valence-electron chi connectivity index (χ0n) is 18.2. The minimum atomic E-state index is -0.944. The van der Waals surface area contributed by atoms with Crippen LogP contribution in [-0.4, -0.2) is 46.6 Å². The van der Waals surface area contributed by atoms with E-state index in [1.807, 2.05) is 49.4 Å². The van der Waals surface area contributed by atoms with Gasteiger partial charge in [0.2, 0.25) is 5.91 Å². The topological polar surface area (TPSA) is 86.8 Å². The minimum absolute atomic E-state index is 0.166. The number of hydrogen-bond donors (Lipinski definition) is 1. The predicted octanol–water partition coefficient (Wildman–Crippen LogP) is 3.70. The summed E-state index contributed by atoms with van der Waals surface area (Å²) in [6.07, 6.45) is 6.95. The quantitative estimate of drug-likeness (QED) is 0.410. The first kappa shape index (κ1) is 21.7. The van der Waals surface area contributed by atoms with Crippen molar-refractivity contribution in [3.63, 3.8) is 0 Å². The van der Waals surface area contributed by atoms with Crippen molar-refractivity contribution < 1.29 is 19.2 Å². The summed E-state index contributed by atoms with van der Waals surface area (Å²) in [5.74, 6) is -2.29. The summed E-state index contributed by atoms with van der Waals surface area (Å²) in [5.41, 5.74) is 2.15. The zero-order chi connectivity index (χ0) is 22.7. The number of nitrogens with one attached hydrogen (secondary N) is 1. The fraction of sp³-hybridized carbons (Fsp3) is 0.360. The summed E-state index contributed by atoms with van der Waals surface area (Å²) in [5, 5.41) is 4.93. The van der Waals surface area contributed by atoms with Crippen LogP contribution in [0.25, 0.3) is 10.8 Å². The van der Waals surface area contributed by atoms with Gasteiger partial charge in [-0.3, -0.25) is 19.3 Å². The second-order valence-electron chi connectivity index (χ2n) is 8.35. The third-order valence-electron chi connectivity index (χ3n) is 6.15. The van der Waals surface area contributed by atoms with Gasteiger partial charge in [-0.15, -0.1) is 0 Å². The van der Waals surface area contributed by atoms with E-state index >= 15 is 0 Å². The molecule has 5 amide bonds. The molecule has 1 N–H and O–H groups in total. The highest BCUT2D eigenvalue weighted by Crippen LogP contribution is 2.24. The monoisotopic (exact) mass is 433 g/mol. The van der Waals surface area contributed by atoms with Crippen molar-refractivity contribution in [2.45, 2.75) is 45.1 Å². The fourth-order valence-corrected chi connectivity index (χ4v) is 4.41. The number of carbonyl (C=O) groups excluding carboxylic acids is 4. The van der Waals surface area contributed by atoms with E-state index in [0.29, 0.717) is 6.42 Å². The van der Waals surface area contributed by atoms with Crippen molar-refractivity contribution >= 4 is 34.5 Å². The molecule has 1 heterocycles. The molecule has 2 aromatic rings. The fourth-order valence-electron chi connectivity index (χ4n) is 4.41. The number of carbonyl (C=O) groups is 4. The lowest BCUT2D eigenvalue weighted by Gasteiger charge is -2.19. The normalized spacial score (nSPS) is 17.7. The Kier molecular flexibility index (Phi) is 6.35. The molecule has 0 radical (unpaired) electrons. The highest BCUT2D eigenvalue weighted by Gasteiger charge is 2.45.